The molecule has 0 saturated carbocycles. The minimum absolute atomic E-state index is 0.233. The number of hydrogen-bond acceptors (Lipinski definition) is 4. The molecule has 0 aromatic carbocycles. The lowest BCUT2D eigenvalue weighted by Crippen LogP contribution is -2.44. The van der Waals surface area contributed by atoms with E-state index < -0.39 is 6.04 Å². The molecule has 2 aromatic rings. The summed E-state index contributed by atoms with van der Waals surface area (Å²) in [5, 5.41) is 5.43. The Hall–Kier alpha value is -1.73. The molecule has 1 atom stereocenters. The summed E-state index contributed by atoms with van der Waals surface area (Å²) < 4.78 is 0.876. The van der Waals surface area contributed by atoms with Gasteiger partial charge in [-0.05, 0) is 46.6 Å². The first-order valence-electron chi connectivity index (χ1n) is 6.29. The maximum atomic E-state index is 11.9. The molecule has 0 aliphatic heterocycles. The summed E-state index contributed by atoms with van der Waals surface area (Å²) in [5.74, 6) is -0.488. The van der Waals surface area contributed by atoms with Crippen molar-refractivity contribution >= 4 is 39.1 Å². The number of pyridine rings is 1. The minimum Gasteiger partial charge on any atom is -0.350 e. The van der Waals surface area contributed by atoms with Gasteiger partial charge in [0.25, 0.3) is 5.91 Å². The molecule has 0 radical (unpaired) electrons. The van der Waals surface area contributed by atoms with Crippen LogP contribution in [0.5, 0.6) is 0 Å². The number of nitrogens with one attached hydrogen (secondary N) is 2. The van der Waals surface area contributed by atoms with Crippen LogP contribution in [0.25, 0.3) is 0 Å². The highest BCUT2D eigenvalue weighted by molar-refractivity contribution is 9.11. The van der Waals surface area contributed by atoms with Crippen molar-refractivity contribution in [2.45, 2.75) is 19.5 Å². The van der Waals surface area contributed by atoms with Crippen molar-refractivity contribution in [3.63, 3.8) is 0 Å². The van der Waals surface area contributed by atoms with Crippen molar-refractivity contribution in [1.29, 1.82) is 0 Å². The third-order valence-electron chi connectivity index (χ3n) is 2.73. The van der Waals surface area contributed by atoms with Crippen LogP contribution in [0.2, 0.25) is 0 Å². The van der Waals surface area contributed by atoms with Crippen molar-refractivity contribution in [3.05, 3.63) is 50.9 Å². The third-order valence-corrected chi connectivity index (χ3v) is 4.35. The van der Waals surface area contributed by atoms with Gasteiger partial charge in [0, 0.05) is 18.9 Å². The molecular weight excluding hydrogens is 354 g/mol. The number of aromatic nitrogens is 1. The zero-order chi connectivity index (χ0) is 15.2. The molecule has 0 saturated heterocycles. The molecule has 0 aliphatic rings. The van der Waals surface area contributed by atoms with Crippen LogP contribution in [0.15, 0.2) is 40.4 Å². The molecule has 21 heavy (non-hydrogen) atoms. The molecule has 5 nitrogen and oxygen atoms in total. The van der Waals surface area contributed by atoms with Crippen LogP contribution in [0, 0.1) is 0 Å². The molecule has 0 bridgehead atoms. The number of carbonyl (C=O) groups is 2. The average Bonchev–Trinajstić information content (AvgIpc) is 2.92. The van der Waals surface area contributed by atoms with Crippen LogP contribution in [-0.2, 0) is 11.3 Å². The van der Waals surface area contributed by atoms with Crippen molar-refractivity contribution in [2.75, 3.05) is 0 Å². The molecule has 1 unspecified atom stereocenters. The predicted molar refractivity (Wildman–Crippen MR) is 85.0 cm³/mol. The Balaban J connectivity index is 1.83. The second-order valence-corrected chi connectivity index (χ2v) is 6.84. The summed E-state index contributed by atoms with van der Waals surface area (Å²) in [6, 6.07) is 6.59. The van der Waals surface area contributed by atoms with E-state index >= 15 is 0 Å². The number of amides is 2. The van der Waals surface area contributed by atoms with Crippen LogP contribution >= 0.6 is 27.3 Å². The van der Waals surface area contributed by atoms with Crippen LogP contribution in [0.3, 0.4) is 0 Å². The van der Waals surface area contributed by atoms with Gasteiger partial charge in [-0.3, -0.25) is 14.6 Å². The highest BCUT2D eigenvalue weighted by Crippen LogP contribution is 2.21. The van der Waals surface area contributed by atoms with Crippen LogP contribution < -0.4 is 10.6 Å². The molecule has 2 aromatic heterocycles. The molecule has 0 spiro atoms. The second kappa shape index (κ2) is 7.33. The Morgan fingerprint density at radius 1 is 1.38 bits per heavy atom. The lowest BCUT2D eigenvalue weighted by molar-refractivity contribution is -0.122. The molecule has 2 heterocycles. The van der Waals surface area contributed by atoms with E-state index in [0.29, 0.717) is 11.4 Å². The van der Waals surface area contributed by atoms with Gasteiger partial charge in [-0.1, -0.05) is 6.07 Å². The zero-order valence-corrected chi connectivity index (χ0v) is 13.7. The van der Waals surface area contributed by atoms with Gasteiger partial charge in [-0.25, -0.2) is 0 Å². The van der Waals surface area contributed by atoms with E-state index in [9.17, 15) is 9.59 Å². The Morgan fingerprint density at radius 2 is 2.19 bits per heavy atom. The number of thiophene rings is 1. The lowest BCUT2D eigenvalue weighted by atomic mass is 10.2. The summed E-state index contributed by atoms with van der Waals surface area (Å²) in [6.45, 7) is 2.04. The number of halogens is 1. The van der Waals surface area contributed by atoms with Crippen LogP contribution in [0.1, 0.15) is 22.2 Å². The predicted octanol–water partition coefficient (Wildman–Crippen LogP) is 2.34. The second-order valence-electron chi connectivity index (χ2n) is 4.38. The van der Waals surface area contributed by atoms with E-state index in [-0.39, 0.29) is 11.8 Å². The van der Waals surface area contributed by atoms with Crippen molar-refractivity contribution < 1.29 is 9.59 Å². The van der Waals surface area contributed by atoms with Gasteiger partial charge >= 0.3 is 0 Å². The van der Waals surface area contributed by atoms with Gasteiger partial charge in [-0.15, -0.1) is 11.3 Å². The molecule has 0 aliphatic carbocycles. The fraction of sp³-hybridized carbons (Fsp3) is 0.214. The first-order chi connectivity index (χ1) is 10.1. The van der Waals surface area contributed by atoms with E-state index in [1.165, 1.54) is 11.3 Å². The lowest BCUT2D eigenvalue weighted by Gasteiger charge is -2.13. The molecule has 110 valence electrons. The molecule has 7 heteroatoms. The first kappa shape index (κ1) is 15.7. The Kier molecular flexibility index (Phi) is 5.46. The number of carbonyl (C=O) groups excluding carboxylic acids is 2. The van der Waals surface area contributed by atoms with E-state index in [1.54, 1.807) is 37.5 Å². The van der Waals surface area contributed by atoms with Crippen molar-refractivity contribution in [2.24, 2.45) is 0 Å². The van der Waals surface area contributed by atoms with Crippen LogP contribution in [0.4, 0.5) is 0 Å². The molecule has 0 fully saturated rings. The zero-order valence-electron chi connectivity index (χ0n) is 11.3. The van der Waals surface area contributed by atoms with E-state index in [0.717, 1.165) is 9.35 Å². The molecular formula is C14H14BrN3O2S. The number of rotatable bonds is 5. The van der Waals surface area contributed by atoms with Gasteiger partial charge in [0.15, 0.2) is 0 Å². The summed E-state index contributed by atoms with van der Waals surface area (Å²) in [4.78, 5) is 28.4. The normalized spacial score (nSPS) is 11.7. The van der Waals surface area contributed by atoms with Gasteiger partial charge in [0.1, 0.15) is 6.04 Å². The topological polar surface area (TPSA) is 71.1 Å². The van der Waals surface area contributed by atoms with Gasteiger partial charge in [0.2, 0.25) is 5.91 Å². The Labute approximate surface area is 134 Å². The highest BCUT2D eigenvalue weighted by Gasteiger charge is 2.17. The molecule has 2 N–H and O–H groups in total. The largest absolute Gasteiger partial charge is 0.350 e. The van der Waals surface area contributed by atoms with E-state index in [2.05, 4.69) is 31.5 Å². The highest BCUT2D eigenvalue weighted by atomic mass is 79.9. The standard InChI is InChI=1S/C14H14BrN3O2S/c1-9(18-14(20)11-4-5-12(15)21-11)13(19)17-8-10-3-2-6-16-7-10/h2-7,9H,8H2,1H3,(H,17,19)(H,18,20). The molecule has 2 rings (SSSR count). The van der Waals surface area contributed by atoms with E-state index in [1.807, 2.05) is 6.07 Å². The Morgan fingerprint density at radius 3 is 2.81 bits per heavy atom. The summed E-state index contributed by atoms with van der Waals surface area (Å²) in [5.41, 5.74) is 0.909. The van der Waals surface area contributed by atoms with Crippen LogP contribution in [-0.4, -0.2) is 22.8 Å². The fourth-order valence-corrected chi connectivity index (χ4v) is 2.90. The average molecular weight is 368 g/mol. The smallest absolute Gasteiger partial charge is 0.262 e. The van der Waals surface area contributed by atoms with Crippen molar-refractivity contribution in [3.8, 4) is 0 Å². The first-order valence-corrected chi connectivity index (χ1v) is 7.90. The summed E-state index contributed by atoms with van der Waals surface area (Å²) in [6.07, 6.45) is 3.36. The number of nitrogens with zero attached hydrogens (tertiary/aromatic N) is 1. The summed E-state index contributed by atoms with van der Waals surface area (Å²) >= 11 is 4.62. The van der Waals surface area contributed by atoms with Crippen molar-refractivity contribution in [1.82, 2.24) is 15.6 Å². The van der Waals surface area contributed by atoms with Gasteiger partial charge < -0.3 is 10.6 Å². The third kappa shape index (κ3) is 4.64. The fourth-order valence-electron chi connectivity index (χ4n) is 1.61. The SMILES string of the molecule is CC(NC(=O)c1ccc(Br)s1)C(=O)NCc1cccnc1. The van der Waals surface area contributed by atoms with Gasteiger partial charge in [0.05, 0.1) is 8.66 Å². The summed E-state index contributed by atoms with van der Waals surface area (Å²) in [7, 11) is 0. The maximum absolute atomic E-state index is 11.9. The van der Waals surface area contributed by atoms with Gasteiger partial charge in [-0.2, -0.15) is 0 Å². The maximum Gasteiger partial charge on any atom is 0.262 e. The van der Waals surface area contributed by atoms with E-state index in [4.69, 9.17) is 0 Å². The minimum atomic E-state index is -0.602. The number of hydrogen-bond donors (Lipinski definition) is 2. The Bertz CT molecular complexity index is 630. The monoisotopic (exact) mass is 367 g/mol. The molecule has 2 amide bonds. The quantitative estimate of drug-likeness (QED) is 0.851.